The second-order valence-electron chi connectivity index (χ2n) is 1.73. The summed E-state index contributed by atoms with van der Waals surface area (Å²) < 4.78 is 12.2. The minimum absolute atomic E-state index is 0.0590. The zero-order valence-corrected chi connectivity index (χ0v) is 4.97. The van der Waals surface area contributed by atoms with Crippen molar-refractivity contribution in [1.82, 2.24) is 0 Å². The predicted molar refractivity (Wildman–Crippen MR) is 32.2 cm³/mol. The van der Waals surface area contributed by atoms with Gasteiger partial charge in [-0.1, -0.05) is 6.07 Å². The zero-order valence-electron chi connectivity index (χ0n) is 4.97. The maximum atomic E-state index is 12.2. The van der Waals surface area contributed by atoms with Crippen LogP contribution in [-0.4, -0.2) is 11.1 Å². The molecular formula is C7H4FO2. The number of hydrogen-bond donors (Lipinski definition) is 1. The molecule has 3 heteroatoms. The summed E-state index contributed by atoms with van der Waals surface area (Å²) in [5.74, 6) is -1.78. The van der Waals surface area contributed by atoms with Crippen LogP contribution in [0.5, 0.6) is 0 Å². The smallest absolute Gasteiger partial charge is 0.335 e. The molecule has 0 amide bonds. The van der Waals surface area contributed by atoms with Crippen LogP contribution in [0.2, 0.25) is 0 Å². The van der Waals surface area contributed by atoms with E-state index >= 15 is 0 Å². The average molecular weight is 139 g/mol. The fourth-order valence-electron chi connectivity index (χ4n) is 0.570. The van der Waals surface area contributed by atoms with Gasteiger partial charge in [-0.25, -0.2) is 9.18 Å². The molecule has 1 N–H and O–H groups in total. The lowest BCUT2D eigenvalue weighted by atomic mass is 10.2. The highest BCUT2D eigenvalue weighted by molar-refractivity contribution is 5.87. The Labute approximate surface area is 56.9 Å². The number of aromatic carboxylic acids is 1. The molecule has 1 radical (unpaired) electrons. The van der Waals surface area contributed by atoms with E-state index in [1.54, 1.807) is 0 Å². The first kappa shape index (κ1) is 6.74. The van der Waals surface area contributed by atoms with Crippen molar-refractivity contribution in [3.8, 4) is 0 Å². The number of carboxylic acids is 1. The quantitative estimate of drug-likeness (QED) is 0.637. The molecule has 1 rings (SSSR count). The van der Waals surface area contributed by atoms with Crippen LogP contribution >= 0.6 is 0 Å². The number of carboxylic acid groups (broad SMARTS) is 1. The van der Waals surface area contributed by atoms with Crippen LogP contribution in [-0.2, 0) is 0 Å². The summed E-state index contributed by atoms with van der Waals surface area (Å²) >= 11 is 0. The highest BCUT2D eigenvalue weighted by Crippen LogP contribution is 2.01. The molecule has 0 fully saturated rings. The van der Waals surface area contributed by atoms with Gasteiger partial charge in [-0.05, 0) is 12.1 Å². The van der Waals surface area contributed by atoms with Crippen molar-refractivity contribution < 1.29 is 14.3 Å². The molecule has 0 aliphatic carbocycles. The SMILES string of the molecule is O=C(O)c1cc[c]c(F)c1. The molecule has 0 saturated carbocycles. The standard InChI is InChI=1S/C7H4FO2/c8-6-3-1-2-5(4-6)7(9)10/h1-2,4H,(H,9,10). The van der Waals surface area contributed by atoms with Gasteiger partial charge in [0.25, 0.3) is 0 Å². The van der Waals surface area contributed by atoms with Crippen molar-refractivity contribution in [3.63, 3.8) is 0 Å². The van der Waals surface area contributed by atoms with Gasteiger partial charge in [0, 0.05) is 6.07 Å². The second kappa shape index (κ2) is 2.47. The third kappa shape index (κ3) is 1.31. The van der Waals surface area contributed by atoms with Gasteiger partial charge in [-0.2, -0.15) is 0 Å². The molecule has 0 saturated heterocycles. The van der Waals surface area contributed by atoms with Crippen molar-refractivity contribution >= 4 is 5.97 Å². The van der Waals surface area contributed by atoms with Gasteiger partial charge >= 0.3 is 5.97 Å². The van der Waals surface area contributed by atoms with Gasteiger partial charge in [0.1, 0.15) is 5.82 Å². The highest BCUT2D eigenvalue weighted by Gasteiger charge is 2.01. The first-order valence-corrected chi connectivity index (χ1v) is 2.60. The Morgan fingerprint density at radius 2 is 2.40 bits per heavy atom. The van der Waals surface area contributed by atoms with Crippen LogP contribution in [0.1, 0.15) is 10.4 Å². The van der Waals surface area contributed by atoms with Crippen LogP contribution in [0.3, 0.4) is 0 Å². The first-order valence-electron chi connectivity index (χ1n) is 2.60. The minimum atomic E-state index is -1.13. The highest BCUT2D eigenvalue weighted by atomic mass is 19.1. The third-order valence-corrected chi connectivity index (χ3v) is 1.01. The summed E-state index contributed by atoms with van der Waals surface area (Å²) in [5, 5.41) is 8.33. The molecule has 51 valence electrons. The topological polar surface area (TPSA) is 37.3 Å². The van der Waals surface area contributed by atoms with E-state index in [9.17, 15) is 9.18 Å². The third-order valence-electron chi connectivity index (χ3n) is 1.01. The molecule has 10 heavy (non-hydrogen) atoms. The van der Waals surface area contributed by atoms with Crippen molar-refractivity contribution in [2.24, 2.45) is 0 Å². The Balaban J connectivity index is 3.07. The van der Waals surface area contributed by atoms with E-state index < -0.39 is 11.8 Å². The van der Waals surface area contributed by atoms with Gasteiger partial charge in [0.2, 0.25) is 0 Å². The van der Waals surface area contributed by atoms with Crippen LogP contribution in [0, 0.1) is 11.9 Å². The van der Waals surface area contributed by atoms with Gasteiger partial charge in [0.15, 0.2) is 0 Å². The largest absolute Gasteiger partial charge is 0.478 e. The van der Waals surface area contributed by atoms with E-state index in [2.05, 4.69) is 6.07 Å². The van der Waals surface area contributed by atoms with Gasteiger partial charge in [-0.3, -0.25) is 0 Å². The molecule has 0 unspecified atom stereocenters. The molecule has 0 aromatic heterocycles. The molecule has 0 bridgehead atoms. The van der Waals surface area contributed by atoms with E-state index in [0.717, 1.165) is 6.07 Å². The zero-order chi connectivity index (χ0) is 7.56. The summed E-state index contributed by atoms with van der Waals surface area (Å²) in [7, 11) is 0. The summed E-state index contributed by atoms with van der Waals surface area (Å²) in [5.41, 5.74) is -0.0590. The predicted octanol–water partition coefficient (Wildman–Crippen LogP) is 1.32. The molecular weight excluding hydrogens is 135 g/mol. The lowest BCUT2D eigenvalue weighted by Crippen LogP contribution is -1.95. The summed E-state index contributed by atoms with van der Waals surface area (Å²) in [6.07, 6.45) is 0. The fraction of sp³-hybridized carbons (Fsp3) is 0. The maximum absolute atomic E-state index is 12.2. The van der Waals surface area contributed by atoms with E-state index in [4.69, 9.17) is 5.11 Å². The van der Waals surface area contributed by atoms with E-state index in [1.807, 2.05) is 0 Å². The monoisotopic (exact) mass is 139 g/mol. The van der Waals surface area contributed by atoms with Crippen LogP contribution in [0.15, 0.2) is 18.2 Å². The van der Waals surface area contributed by atoms with Gasteiger partial charge in [0.05, 0.1) is 5.56 Å². The number of hydrogen-bond acceptors (Lipinski definition) is 1. The van der Waals surface area contributed by atoms with Crippen molar-refractivity contribution in [1.29, 1.82) is 0 Å². The van der Waals surface area contributed by atoms with Crippen LogP contribution in [0.4, 0.5) is 4.39 Å². The maximum Gasteiger partial charge on any atom is 0.335 e. The Bertz CT molecular complexity index is 258. The number of benzene rings is 1. The van der Waals surface area contributed by atoms with E-state index in [1.165, 1.54) is 12.1 Å². The normalized spacial score (nSPS) is 9.30. The number of carbonyl (C=O) groups is 1. The molecule has 1 aromatic carbocycles. The summed E-state index contributed by atoms with van der Waals surface area (Å²) in [4.78, 5) is 10.2. The van der Waals surface area contributed by atoms with Crippen molar-refractivity contribution in [3.05, 3.63) is 35.6 Å². The molecule has 0 aliphatic rings. The molecule has 0 spiro atoms. The van der Waals surface area contributed by atoms with Crippen LogP contribution < -0.4 is 0 Å². The van der Waals surface area contributed by atoms with Gasteiger partial charge in [-0.15, -0.1) is 0 Å². The summed E-state index contributed by atoms with van der Waals surface area (Å²) in [6, 6.07) is 5.63. The Morgan fingerprint density at radius 1 is 1.70 bits per heavy atom. The Morgan fingerprint density at radius 3 is 2.80 bits per heavy atom. The first-order chi connectivity index (χ1) is 4.70. The lowest BCUT2D eigenvalue weighted by molar-refractivity contribution is 0.0696. The van der Waals surface area contributed by atoms with Crippen LogP contribution in [0.25, 0.3) is 0 Å². The molecule has 0 aliphatic heterocycles. The Hall–Kier alpha value is -1.38. The Kier molecular flexibility index (Phi) is 1.67. The minimum Gasteiger partial charge on any atom is -0.478 e. The number of halogens is 1. The summed E-state index contributed by atoms with van der Waals surface area (Å²) in [6.45, 7) is 0. The molecule has 0 heterocycles. The van der Waals surface area contributed by atoms with Crippen molar-refractivity contribution in [2.45, 2.75) is 0 Å². The van der Waals surface area contributed by atoms with E-state index in [-0.39, 0.29) is 5.56 Å². The van der Waals surface area contributed by atoms with Crippen molar-refractivity contribution in [2.75, 3.05) is 0 Å². The molecule has 2 nitrogen and oxygen atoms in total. The fourth-order valence-corrected chi connectivity index (χ4v) is 0.570. The average Bonchev–Trinajstić information content (AvgIpc) is 1.88. The van der Waals surface area contributed by atoms with Gasteiger partial charge < -0.3 is 5.11 Å². The lowest BCUT2D eigenvalue weighted by Gasteiger charge is -1.90. The second-order valence-corrected chi connectivity index (χ2v) is 1.73. The molecule has 0 atom stereocenters. The number of rotatable bonds is 1. The van der Waals surface area contributed by atoms with E-state index in [0.29, 0.717) is 0 Å². The molecule has 1 aromatic rings.